The molecule has 0 aliphatic heterocycles. The number of aromatic nitrogens is 1. The minimum Gasteiger partial charge on any atom is -0.348 e. The van der Waals surface area contributed by atoms with Gasteiger partial charge in [-0.2, -0.15) is 12.6 Å². The van der Waals surface area contributed by atoms with Gasteiger partial charge in [-0.05, 0) is 18.6 Å². The highest BCUT2D eigenvalue weighted by molar-refractivity contribution is 7.80. The summed E-state index contributed by atoms with van der Waals surface area (Å²) in [6.45, 7) is 3.23. The van der Waals surface area contributed by atoms with Crippen LogP contribution >= 0.6 is 12.6 Å². The SMILES string of the molecule is CC(=O)NC(CS)C(=O)NC(C)c1cccnc1. The van der Waals surface area contributed by atoms with Gasteiger partial charge in [0.25, 0.3) is 0 Å². The Labute approximate surface area is 112 Å². The van der Waals surface area contributed by atoms with E-state index in [1.54, 1.807) is 12.4 Å². The average molecular weight is 267 g/mol. The third-order valence-electron chi connectivity index (χ3n) is 2.42. The molecule has 0 saturated heterocycles. The summed E-state index contributed by atoms with van der Waals surface area (Å²) in [5.41, 5.74) is 0.909. The van der Waals surface area contributed by atoms with E-state index in [1.165, 1.54) is 6.92 Å². The Morgan fingerprint density at radius 1 is 1.44 bits per heavy atom. The first-order valence-electron chi connectivity index (χ1n) is 5.63. The predicted octanol–water partition coefficient (Wildman–Crippen LogP) is 0.693. The number of carbonyl (C=O) groups excluding carboxylic acids is 2. The lowest BCUT2D eigenvalue weighted by molar-refractivity contribution is -0.127. The standard InChI is InChI=1S/C12H17N3O2S/c1-8(10-4-3-5-13-6-10)14-12(17)11(7-18)15-9(2)16/h3-6,8,11,18H,7H2,1-2H3,(H,14,17)(H,15,16). The van der Waals surface area contributed by atoms with Gasteiger partial charge in [-0.3, -0.25) is 14.6 Å². The fraction of sp³-hybridized carbons (Fsp3) is 0.417. The third kappa shape index (κ3) is 4.37. The second-order valence-electron chi connectivity index (χ2n) is 3.95. The molecule has 1 aromatic rings. The summed E-state index contributed by atoms with van der Waals surface area (Å²) in [6.07, 6.45) is 3.37. The van der Waals surface area contributed by atoms with Gasteiger partial charge in [-0.25, -0.2) is 0 Å². The summed E-state index contributed by atoms with van der Waals surface area (Å²) in [5, 5.41) is 5.35. The largest absolute Gasteiger partial charge is 0.348 e. The van der Waals surface area contributed by atoms with Crippen LogP contribution in [0.3, 0.4) is 0 Å². The number of hydrogen-bond acceptors (Lipinski definition) is 4. The molecule has 18 heavy (non-hydrogen) atoms. The number of carbonyl (C=O) groups is 2. The van der Waals surface area contributed by atoms with Crippen LogP contribution in [0.5, 0.6) is 0 Å². The maximum Gasteiger partial charge on any atom is 0.243 e. The van der Waals surface area contributed by atoms with Gasteiger partial charge in [0.2, 0.25) is 11.8 Å². The van der Waals surface area contributed by atoms with E-state index in [4.69, 9.17) is 0 Å². The number of nitrogens with zero attached hydrogens (tertiary/aromatic N) is 1. The topological polar surface area (TPSA) is 71.1 Å². The number of amides is 2. The molecule has 1 aromatic heterocycles. The van der Waals surface area contributed by atoms with Crippen molar-refractivity contribution >= 4 is 24.4 Å². The minimum absolute atomic E-state index is 0.164. The van der Waals surface area contributed by atoms with Crippen molar-refractivity contribution in [2.75, 3.05) is 5.75 Å². The van der Waals surface area contributed by atoms with Crippen LogP contribution < -0.4 is 10.6 Å². The Bertz CT molecular complexity index is 411. The third-order valence-corrected chi connectivity index (χ3v) is 2.78. The first-order valence-corrected chi connectivity index (χ1v) is 6.26. The molecule has 0 spiro atoms. The normalized spacial score (nSPS) is 13.5. The lowest BCUT2D eigenvalue weighted by atomic mass is 10.1. The quantitative estimate of drug-likeness (QED) is 0.688. The van der Waals surface area contributed by atoms with Crippen molar-refractivity contribution in [3.05, 3.63) is 30.1 Å². The zero-order valence-corrected chi connectivity index (χ0v) is 11.3. The van der Waals surface area contributed by atoms with Crippen LogP contribution in [0, 0.1) is 0 Å². The molecule has 2 N–H and O–H groups in total. The van der Waals surface area contributed by atoms with Gasteiger partial charge in [0.1, 0.15) is 6.04 Å². The highest BCUT2D eigenvalue weighted by Crippen LogP contribution is 2.09. The highest BCUT2D eigenvalue weighted by Gasteiger charge is 2.19. The molecule has 0 aliphatic rings. The van der Waals surface area contributed by atoms with Gasteiger partial charge < -0.3 is 10.6 Å². The lowest BCUT2D eigenvalue weighted by Crippen LogP contribution is -2.47. The fourth-order valence-electron chi connectivity index (χ4n) is 1.47. The lowest BCUT2D eigenvalue weighted by Gasteiger charge is -2.19. The van der Waals surface area contributed by atoms with Crippen LogP contribution in [-0.2, 0) is 9.59 Å². The number of thiol groups is 1. The number of pyridine rings is 1. The van der Waals surface area contributed by atoms with Gasteiger partial charge in [0.15, 0.2) is 0 Å². The van der Waals surface area contributed by atoms with Crippen LogP contribution in [0.15, 0.2) is 24.5 Å². The predicted molar refractivity (Wildman–Crippen MR) is 72.3 cm³/mol. The average Bonchev–Trinajstić information content (AvgIpc) is 2.36. The Morgan fingerprint density at radius 3 is 2.67 bits per heavy atom. The summed E-state index contributed by atoms with van der Waals surface area (Å²) in [5.74, 6) is -0.250. The summed E-state index contributed by atoms with van der Waals surface area (Å²) in [7, 11) is 0. The Hall–Kier alpha value is -1.56. The Balaban J connectivity index is 2.60. The van der Waals surface area contributed by atoms with Crippen LogP contribution in [0.1, 0.15) is 25.5 Å². The van der Waals surface area contributed by atoms with Gasteiger partial charge in [-0.1, -0.05) is 6.07 Å². The van der Waals surface area contributed by atoms with E-state index in [9.17, 15) is 9.59 Å². The molecular formula is C12H17N3O2S. The molecule has 0 bridgehead atoms. The molecule has 0 saturated carbocycles. The van der Waals surface area contributed by atoms with Crippen molar-refractivity contribution in [1.29, 1.82) is 0 Å². The number of rotatable bonds is 5. The van der Waals surface area contributed by atoms with E-state index in [-0.39, 0.29) is 23.6 Å². The first-order chi connectivity index (χ1) is 8.54. The molecule has 0 aromatic carbocycles. The molecule has 5 nitrogen and oxygen atoms in total. The number of nitrogens with one attached hydrogen (secondary N) is 2. The van der Waals surface area contributed by atoms with Gasteiger partial charge in [0.05, 0.1) is 6.04 Å². The van der Waals surface area contributed by atoms with Crippen LogP contribution in [-0.4, -0.2) is 28.6 Å². The van der Waals surface area contributed by atoms with E-state index in [2.05, 4.69) is 28.2 Å². The minimum atomic E-state index is -0.620. The second-order valence-corrected chi connectivity index (χ2v) is 4.32. The summed E-state index contributed by atoms with van der Waals surface area (Å²) >= 11 is 4.05. The smallest absolute Gasteiger partial charge is 0.243 e. The van der Waals surface area contributed by atoms with Crippen LogP contribution in [0.4, 0.5) is 0 Å². The Kier molecular flexibility index (Phi) is 5.64. The number of hydrogen-bond donors (Lipinski definition) is 3. The van der Waals surface area contributed by atoms with Crippen molar-refractivity contribution < 1.29 is 9.59 Å². The zero-order valence-electron chi connectivity index (χ0n) is 10.4. The van der Waals surface area contributed by atoms with Crippen molar-refractivity contribution in [2.24, 2.45) is 0 Å². The highest BCUT2D eigenvalue weighted by atomic mass is 32.1. The molecule has 1 heterocycles. The van der Waals surface area contributed by atoms with Crippen molar-refractivity contribution in [3.63, 3.8) is 0 Å². The van der Waals surface area contributed by atoms with E-state index in [1.807, 2.05) is 19.1 Å². The fourth-order valence-corrected chi connectivity index (χ4v) is 1.73. The molecule has 2 unspecified atom stereocenters. The Morgan fingerprint density at radius 2 is 2.17 bits per heavy atom. The van der Waals surface area contributed by atoms with Crippen molar-refractivity contribution in [3.8, 4) is 0 Å². The molecule has 98 valence electrons. The van der Waals surface area contributed by atoms with E-state index in [0.29, 0.717) is 0 Å². The summed E-state index contributed by atoms with van der Waals surface area (Å²) in [6, 6.07) is 2.90. The van der Waals surface area contributed by atoms with Gasteiger partial charge >= 0.3 is 0 Å². The van der Waals surface area contributed by atoms with Crippen LogP contribution in [0.2, 0.25) is 0 Å². The van der Waals surface area contributed by atoms with Crippen molar-refractivity contribution in [1.82, 2.24) is 15.6 Å². The maximum absolute atomic E-state index is 11.9. The zero-order chi connectivity index (χ0) is 13.5. The van der Waals surface area contributed by atoms with E-state index in [0.717, 1.165) is 5.56 Å². The van der Waals surface area contributed by atoms with Gasteiger partial charge in [-0.15, -0.1) is 0 Å². The molecule has 0 aliphatic carbocycles. The summed E-state index contributed by atoms with van der Waals surface area (Å²) in [4.78, 5) is 26.8. The van der Waals surface area contributed by atoms with E-state index < -0.39 is 6.04 Å². The molecule has 2 amide bonds. The maximum atomic E-state index is 11.9. The van der Waals surface area contributed by atoms with E-state index >= 15 is 0 Å². The van der Waals surface area contributed by atoms with Crippen LogP contribution in [0.25, 0.3) is 0 Å². The second kappa shape index (κ2) is 7.00. The first kappa shape index (κ1) is 14.5. The summed E-state index contributed by atoms with van der Waals surface area (Å²) < 4.78 is 0. The molecule has 2 atom stereocenters. The van der Waals surface area contributed by atoms with Crippen molar-refractivity contribution in [2.45, 2.75) is 25.9 Å². The molecule has 6 heteroatoms. The molecule has 0 fully saturated rings. The molecular weight excluding hydrogens is 250 g/mol. The monoisotopic (exact) mass is 267 g/mol. The molecule has 1 rings (SSSR count). The molecule has 0 radical (unpaired) electrons. The van der Waals surface area contributed by atoms with Gasteiger partial charge in [0, 0.05) is 25.1 Å².